The zero-order valence-electron chi connectivity index (χ0n) is 6.94. The Labute approximate surface area is 84.2 Å². The van der Waals surface area contributed by atoms with Crippen LogP contribution in [0.5, 0.6) is 0 Å². The zero-order valence-corrected chi connectivity index (χ0v) is 7.69. The largest absolute Gasteiger partial charge is 0.478 e. The molecule has 4 nitrogen and oxygen atoms in total. The van der Waals surface area contributed by atoms with Gasteiger partial charge in [-0.25, -0.2) is 9.78 Å². The van der Waals surface area contributed by atoms with Crippen LogP contribution in [0.1, 0.15) is 10.4 Å². The molecule has 2 aromatic heterocycles. The van der Waals surface area contributed by atoms with Crippen molar-refractivity contribution in [2.45, 2.75) is 0 Å². The lowest BCUT2D eigenvalue weighted by Crippen LogP contribution is -2.00. The lowest BCUT2D eigenvalue weighted by Gasteiger charge is -2.02. The van der Waals surface area contributed by atoms with Crippen LogP contribution in [-0.4, -0.2) is 21.0 Å². The summed E-state index contributed by atoms with van der Waals surface area (Å²) in [5, 5.41) is 10.1. The summed E-state index contributed by atoms with van der Waals surface area (Å²) < 4.78 is 0. The van der Waals surface area contributed by atoms with E-state index in [4.69, 9.17) is 16.7 Å². The van der Waals surface area contributed by atoms with Gasteiger partial charge in [0.2, 0.25) is 0 Å². The average molecular weight is 209 g/mol. The Hall–Kier alpha value is -1.68. The third-order valence-corrected chi connectivity index (χ3v) is 2.14. The molecule has 70 valence electrons. The second-order valence-corrected chi connectivity index (χ2v) is 3.05. The molecule has 0 aliphatic heterocycles. The molecule has 5 heteroatoms. The maximum absolute atomic E-state index is 10.9. The van der Waals surface area contributed by atoms with E-state index in [-0.39, 0.29) is 10.7 Å². The van der Waals surface area contributed by atoms with Crippen molar-refractivity contribution in [2.24, 2.45) is 0 Å². The molecule has 0 saturated carbocycles. The molecule has 14 heavy (non-hydrogen) atoms. The molecular weight excluding hydrogens is 204 g/mol. The van der Waals surface area contributed by atoms with Crippen molar-refractivity contribution < 1.29 is 9.90 Å². The van der Waals surface area contributed by atoms with Gasteiger partial charge >= 0.3 is 5.97 Å². The van der Waals surface area contributed by atoms with Gasteiger partial charge < -0.3 is 5.11 Å². The molecule has 2 aromatic rings. The predicted molar refractivity (Wildman–Crippen MR) is 51.5 cm³/mol. The van der Waals surface area contributed by atoms with Crippen molar-refractivity contribution in [2.75, 3.05) is 0 Å². The molecule has 0 amide bonds. The Bertz CT molecular complexity index is 513. The average Bonchev–Trinajstić information content (AvgIpc) is 2.17. The minimum Gasteiger partial charge on any atom is -0.478 e. The van der Waals surface area contributed by atoms with Crippen molar-refractivity contribution in [1.29, 1.82) is 0 Å². The van der Waals surface area contributed by atoms with E-state index in [1.807, 2.05) is 0 Å². The van der Waals surface area contributed by atoms with Crippen molar-refractivity contribution >= 4 is 28.3 Å². The van der Waals surface area contributed by atoms with E-state index >= 15 is 0 Å². The third kappa shape index (κ3) is 1.29. The molecule has 0 spiro atoms. The molecule has 0 radical (unpaired) electrons. The van der Waals surface area contributed by atoms with E-state index in [0.29, 0.717) is 10.8 Å². The van der Waals surface area contributed by atoms with Gasteiger partial charge in [0, 0.05) is 29.4 Å². The van der Waals surface area contributed by atoms with Gasteiger partial charge in [0.05, 0.1) is 0 Å². The molecule has 0 aromatic carbocycles. The molecule has 0 aliphatic rings. The number of rotatable bonds is 1. The van der Waals surface area contributed by atoms with Crippen LogP contribution in [0, 0.1) is 0 Å². The summed E-state index contributed by atoms with van der Waals surface area (Å²) in [6, 6.07) is 1.60. The van der Waals surface area contributed by atoms with Crippen LogP contribution in [0.15, 0.2) is 24.7 Å². The van der Waals surface area contributed by atoms with Gasteiger partial charge in [0.15, 0.2) is 0 Å². The minimum atomic E-state index is -1.08. The quantitative estimate of drug-likeness (QED) is 0.728. The topological polar surface area (TPSA) is 63.1 Å². The van der Waals surface area contributed by atoms with Gasteiger partial charge in [-0.3, -0.25) is 4.98 Å². The highest BCUT2D eigenvalue weighted by Crippen LogP contribution is 2.22. The van der Waals surface area contributed by atoms with Gasteiger partial charge in [-0.15, -0.1) is 0 Å². The number of nitrogens with zero attached hydrogens (tertiary/aromatic N) is 2. The number of aromatic nitrogens is 2. The summed E-state index contributed by atoms with van der Waals surface area (Å²) in [4.78, 5) is 18.5. The number of carboxylic acid groups (broad SMARTS) is 1. The number of carbonyl (C=O) groups is 1. The Morgan fingerprint density at radius 3 is 2.93 bits per heavy atom. The van der Waals surface area contributed by atoms with E-state index in [9.17, 15) is 4.79 Å². The number of fused-ring (bicyclic) bond motifs is 1. The molecule has 1 N–H and O–H groups in total. The van der Waals surface area contributed by atoms with Crippen molar-refractivity contribution in [3.05, 3.63) is 35.4 Å². The molecule has 0 aliphatic carbocycles. The number of hydrogen-bond acceptors (Lipinski definition) is 3. The van der Waals surface area contributed by atoms with Crippen LogP contribution < -0.4 is 0 Å². The normalized spacial score (nSPS) is 10.4. The molecular formula is C9H5ClN2O2. The fourth-order valence-electron chi connectivity index (χ4n) is 1.24. The van der Waals surface area contributed by atoms with E-state index in [0.717, 1.165) is 0 Å². The summed E-state index contributed by atoms with van der Waals surface area (Å²) in [5.41, 5.74) is 0.0200. The van der Waals surface area contributed by atoms with E-state index in [1.165, 1.54) is 12.4 Å². The van der Waals surface area contributed by atoms with Crippen LogP contribution in [0.3, 0.4) is 0 Å². The summed E-state index contributed by atoms with van der Waals surface area (Å²) in [6.45, 7) is 0. The Kier molecular flexibility index (Phi) is 2.05. The van der Waals surface area contributed by atoms with Crippen LogP contribution in [0.4, 0.5) is 0 Å². The number of hydrogen-bond donors (Lipinski definition) is 1. The fraction of sp³-hybridized carbons (Fsp3) is 0. The van der Waals surface area contributed by atoms with Gasteiger partial charge in [0.1, 0.15) is 10.7 Å². The number of carboxylic acids is 1. The van der Waals surface area contributed by atoms with Crippen LogP contribution in [0.2, 0.25) is 5.15 Å². The summed E-state index contributed by atoms with van der Waals surface area (Å²) >= 11 is 5.69. The summed E-state index contributed by atoms with van der Waals surface area (Å²) in [5.74, 6) is -1.08. The van der Waals surface area contributed by atoms with Gasteiger partial charge in [-0.2, -0.15) is 0 Å². The molecule has 0 bridgehead atoms. The molecule has 0 atom stereocenters. The molecule has 2 heterocycles. The van der Waals surface area contributed by atoms with Crippen molar-refractivity contribution in [1.82, 2.24) is 9.97 Å². The first kappa shape index (κ1) is 8.90. The Balaban J connectivity index is 2.90. The number of pyridine rings is 2. The Morgan fingerprint density at radius 1 is 1.43 bits per heavy atom. The van der Waals surface area contributed by atoms with E-state index < -0.39 is 5.97 Å². The highest BCUT2D eigenvalue weighted by Gasteiger charge is 2.13. The molecule has 0 unspecified atom stereocenters. The van der Waals surface area contributed by atoms with Crippen LogP contribution >= 0.6 is 11.6 Å². The molecule has 2 rings (SSSR count). The first-order valence-corrected chi connectivity index (χ1v) is 4.19. The smallest absolute Gasteiger partial charge is 0.339 e. The highest BCUT2D eigenvalue weighted by atomic mass is 35.5. The van der Waals surface area contributed by atoms with Gasteiger partial charge in [-0.05, 0) is 6.07 Å². The monoisotopic (exact) mass is 208 g/mol. The maximum atomic E-state index is 10.9. The maximum Gasteiger partial charge on any atom is 0.339 e. The van der Waals surface area contributed by atoms with Crippen LogP contribution in [0.25, 0.3) is 10.8 Å². The summed E-state index contributed by atoms with van der Waals surface area (Å²) in [7, 11) is 0. The number of halogens is 1. The third-order valence-electron chi connectivity index (χ3n) is 1.86. The predicted octanol–water partition coefficient (Wildman–Crippen LogP) is 1.98. The van der Waals surface area contributed by atoms with Gasteiger partial charge in [-0.1, -0.05) is 11.6 Å². The highest BCUT2D eigenvalue weighted by molar-refractivity contribution is 6.33. The summed E-state index contributed by atoms with van der Waals surface area (Å²) in [6.07, 6.45) is 4.56. The lowest BCUT2D eigenvalue weighted by molar-refractivity contribution is 0.0699. The zero-order chi connectivity index (χ0) is 10.1. The fourth-order valence-corrected chi connectivity index (χ4v) is 1.47. The Morgan fingerprint density at radius 2 is 2.21 bits per heavy atom. The lowest BCUT2D eigenvalue weighted by atomic mass is 10.1. The van der Waals surface area contributed by atoms with E-state index in [2.05, 4.69) is 9.97 Å². The number of aromatic carboxylic acids is 1. The second-order valence-electron chi connectivity index (χ2n) is 2.69. The first-order chi connectivity index (χ1) is 6.70. The standard InChI is InChI=1S/C9H5ClN2O2/c10-8-7(9(13)14)6-1-2-11-3-5(6)4-12-8/h1-4H,(H,13,14). The van der Waals surface area contributed by atoms with Crippen molar-refractivity contribution in [3.63, 3.8) is 0 Å². The second kappa shape index (κ2) is 3.23. The van der Waals surface area contributed by atoms with Gasteiger partial charge in [0.25, 0.3) is 0 Å². The van der Waals surface area contributed by atoms with E-state index in [1.54, 1.807) is 12.3 Å². The SMILES string of the molecule is O=C(O)c1c(Cl)ncc2cnccc12. The van der Waals surface area contributed by atoms with Crippen molar-refractivity contribution in [3.8, 4) is 0 Å². The van der Waals surface area contributed by atoms with Crippen LogP contribution in [-0.2, 0) is 0 Å². The molecule has 0 saturated heterocycles. The first-order valence-electron chi connectivity index (χ1n) is 3.81. The molecule has 0 fully saturated rings. The minimum absolute atomic E-state index is 0.00352.